The molecule has 0 amide bonds. The smallest absolute Gasteiger partial charge is 0.243 e. The second-order valence-electron chi connectivity index (χ2n) is 4.50. The lowest BCUT2D eigenvalue weighted by atomic mass is 10.2. The Labute approximate surface area is 113 Å². The van der Waals surface area contributed by atoms with Crippen molar-refractivity contribution in [2.75, 3.05) is 18.0 Å². The predicted octanol–water partition coefficient (Wildman–Crippen LogP) is 1.78. The number of thioether (sulfide) groups is 1. The number of nitrogens with two attached hydrogens (primary N) is 1. The zero-order valence-corrected chi connectivity index (χ0v) is 12.2. The van der Waals surface area contributed by atoms with Crippen LogP contribution < -0.4 is 5.73 Å². The van der Waals surface area contributed by atoms with Gasteiger partial charge in [0.2, 0.25) is 10.0 Å². The molecule has 100 valence electrons. The quantitative estimate of drug-likeness (QED) is 0.842. The second-order valence-corrected chi connectivity index (χ2v) is 7.88. The minimum absolute atomic E-state index is 0.0197. The molecule has 2 unspecified atom stereocenters. The molecule has 6 heteroatoms. The first-order valence-corrected chi connectivity index (χ1v) is 8.41. The summed E-state index contributed by atoms with van der Waals surface area (Å²) >= 11 is 1.82. The summed E-state index contributed by atoms with van der Waals surface area (Å²) < 4.78 is 26.7. The predicted molar refractivity (Wildman–Crippen MR) is 76.1 cm³/mol. The third-order valence-electron chi connectivity index (χ3n) is 3.31. The van der Waals surface area contributed by atoms with E-state index in [1.165, 1.54) is 0 Å². The van der Waals surface area contributed by atoms with Crippen LogP contribution in [-0.2, 0) is 10.0 Å². The molecule has 1 fully saturated rings. The van der Waals surface area contributed by atoms with E-state index in [0.717, 1.165) is 5.75 Å². The number of sulfonamides is 1. The minimum atomic E-state index is -3.40. The van der Waals surface area contributed by atoms with E-state index in [0.29, 0.717) is 22.4 Å². The highest BCUT2D eigenvalue weighted by molar-refractivity contribution is 8.00. The first-order chi connectivity index (χ1) is 8.43. The lowest BCUT2D eigenvalue weighted by Crippen LogP contribution is -2.47. The Balaban J connectivity index is 2.33. The van der Waals surface area contributed by atoms with Gasteiger partial charge in [-0.05, 0) is 31.2 Å². The fourth-order valence-electron chi connectivity index (χ4n) is 2.02. The lowest BCUT2D eigenvalue weighted by Gasteiger charge is -2.36. The summed E-state index contributed by atoms with van der Waals surface area (Å²) in [6.45, 7) is 4.61. The topological polar surface area (TPSA) is 63.4 Å². The van der Waals surface area contributed by atoms with Gasteiger partial charge in [-0.25, -0.2) is 8.42 Å². The largest absolute Gasteiger partial charge is 0.399 e. The van der Waals surface area contributed by atoms with E-state index in [1.54, 1.807) is 28.6 Å². The molecule has 1 aliphatic heterocycles. The maximum Gasteiger partial charge on any atom is 0.243 e. The molecule has 0 spiro atoms. The number of rotatable bonds is 2. The molecule has 0 aliphatic carbocycles. The third kappa shape index (κ3) is 2.50. The highest BCUT2D eigenvalue weighted by Crippen LogP contribution is 2.29. The van der Waals surface area contributed by atoms with E-state index in [-0.39, 0.29) is 6.04 Å². The van der Waals surface area contributed by atoms with E-state index in [2.05, 4.69) is 6.92 Å². The second kappa shape index (κ2) is 5.11. The Morgan fingerprint density at radius 3 is 2.50 bits per heavy atom. The van der Waals surface area contributed by atoms with E-state index in [1.807, 2.05) is 18.7 Å². The molecule has 2 atom stereocenters. The molecule has 1 aliphatic rings. The summed E-state index contributed by atoms with van der Waals surface area (Å²) in [5, 5.41) is 0.322. The van der Waals surface area contributed by atoms with Crippen LogP contribution >= 0.6 is 11.8 Å². The Bertz CT molecular complexity index is 513. The molecule has 0 radical (unpaired) electrons. The van der Waals surface area contributed by atoms with E-state index in [4.69, 9.17) is 5.73 Å². The third-order valence-corrected chi connectivity index (χ3v) is 6.65. The Kier molecular flexibility index (Phi) is 3.89. The van der Waals surface area contributed by atoms with Crippen molar-refractivity contribution in [1.29, 1.82) is 0 Å². The lowest BCUT2D eigenvalue weighted by molar-refractivity contribution is 0.340. The molecule has 0 saturated carbocycles. The maximum atomic E-state index is 12.5. The van der Waals surface area contributed by atoms with Crippen molar-refractivity contribution < 1.29 is 8.42 Å². The van der Waals surface area contributed by atoms with Gasteiger partial charge in [0.15, 0.2) is 0 Å². The molecule has 18 heavy (non-hydrogen) atoms. The van der Waals surface area contributed by atoms with E-state index < -0.39 is 10.0 Å². The molecule has 1 saturated heterocycles. The van der Waals surface area contributed by atoms with Crippen LogP contribution in [-0.4, -0.2) is 36.3 Å². The molecule has 2 N–H and O–H groups in total. The van der Waals surface area contributed by atoms with Crippen molar-refractivity contribution in [3.8, 4) is 0 Å². The van der Waals surface area contributed by atoms with Crippen LogP contribution in [0.5, 0.6) is 0 Å². The van der Waals surface area contributed by atoms with Crippen LogP contribution in [0.1, 0.15) is 13.8 Å². The average Bonchev–Trinajstić information content (AvgIpc) is 2.33. The number of hydrogen-bond donors (Lipinski definition) is 1. The van der Waals surface area contributed by atoms with Gasteiger partial charge in [-0.3, -0.25) is 0 Å². The van der Waals surface area contributed by atoms with Crippen LogP contribution in [0.2, 0.25) is 0 Å². The Morgan fingerprint density at radius 2 is 1.89 bits per heavy atom. The van der Waals surface area contributed by atoms with Gasteiger partial charge in [0.25, 0.3) is 0 Å². The molecular weight excluding hydrogens is 268 g/mol. The van der Waals surface area contributed by atoms with Crippen LogP contribution in [0.4, 0.5) is 5.69 Å². The average molecular weight is 286 g/mol. The summed E-state index contributed by atoms with van der Waals surface area (Å²) in [6, 6.07) is 6.42. The van der Waals surface area contributed by atoms with E-state index >= 15 is 0 Å². The van der Waals surface area contributed by atoms with Crippen molar-refractivity contribution in [2.45, 2.75) is 30.0 Å². The van der Waals surface area contributed by atoms with Gasteiger partial charge in [-0.2, -0.15) is 16.1 Å². The van der Waals surface area contributed by atoms with Crippen molar-refractivity contribution in [3.05, 3.63) is 24.3 Å². The summed E-state index contributed by atoms with van der Waals surface area (Å²) in [5.41, 5.74) is 6.16. The fraction of sp³-hybridized carbons (Fsp3) is 0.500. The van der Waals surface area contributed by atoms with Crippen LogP contribution in [0, 0.1) is 0 Å². The van der Waals surface area contributed by atoms with Crippen LogP contribution in [0.25, 0.3) is 0 Å². The van der Waals surface area contributed by atoms with Crippen LogP contribution in [0.15, 0.2) is 29.2 Å². The number of nitrogens with zero attached hydrogens (tertiary/aromatic N) is 1. The van der Waals surface area contributed by atoms with Crippen LogP contribution in [0.3, 0.4) is 0 Å². The molecular formula is C12H18N2O2S2. The standard InChI is InChI=1S/C12H18N2O2S2/c1-9-10(2)17-8-7-14(9)18(15,16)12-5-3-11(13)4-6-12/h3-6,9-10H,7-8,13H2,1-2H3. The molecule has 1 heterocycles. The van der Waals surface area contributed by atoms with Gasteiger partial charge >= 0.3 is 0 Å². The summed E-state index contributed by atoms with van der Waals surface area (Å²) in [7, 11) is -3.40. The van der Waals surface area contributed by atoms with Gasteiger partial charge in [0, 0.05) is 29.3 Å². The van der Waals surface area contributed by atoms with Crippen molar-refractivity contribution in [2.24, 2.45) is 0 Å². The Hall–Kier alpha value is -0.720. The van der Waals surface area contributed by atoms with Crippen molar-refractivity contribution in [3.63, 3.8) is 0 Å². The Morgan fingerprint density at radius 1 is 1.28 bits per heavy atom. The molecule has 0 bridgehead atoms. The fourth-order valence-corrected chi connectivity index (χ4v) is 5.01. The first kappa shape index (κ1) is 13.7. The number of nitrogen functional groups attached to an aromatic ring is 1. The summed E-state index contributed by atoms with van der Waals surface area (Å²) in [5.74, 6) is 0.847. The molecule has 4 nitrogen and oxygen atoms in total. The number of anilines is 1. The SMILES string of the molecule is CC1SCCN(S(=O)(=O)c2ccc(N)cc2)C1C. The van der Waals surface area contributed by atoms with Crippen molar-refractivity contribution >= 4 is 27.5 Å². The molecule has 1 aromatic rings. The van der Waals surface area contributed by atoms with E-state index in [9.17, 15) is 8.42 Å². The number of benzene rings is 1. The monoisotopic (exact) mass is 286 g/mol. The maximum absolute atomic E-state index is 12.5. The van der Waals surface area contributed by atoms with Gasteiger partial charge < -0.3 is 5.73 Å². The summed E-state index contributed by atoms with van der Waals surface area (Å²) in [4.78, 5) is 0.322. The van der Waals surface area contributed by atoms with Crippen molar-refractivity contribution in [1.82, 2.24) is 4.31 Å². The first-order valence-electron chi connectivity index (χ1n) is 5.92. The minimum Gasteiger partial charge on any atom is -0.399 e. The van der Waals surface area contributed by atoms with Gasteiger partial charge in [0.1, 0.15) is 0 Å². The molecule has 1 aromatic carbocycles. The molecule has 2 rings (SSSR count). The van der Waals surface area contributed by atoms with Gasteiger partial charge in [-0.15, -0.1) is 0 Å². The van der Waals surface area contributed by atoms with Gasteiger partial charge in [-0.1, -0.05) is 6.92 Å². The molecule has 0 aromatic heterocycles. The normalized spacial score (nSPS) is 26.1. The zero-order valence-electron chi connectivity index (χ0n) is 10.5. The zero-order chi connectivity index (χ0) is 13.3. The number of hydrogen-bond acceptors (Lipinski definition) is 4. The van der Waals surface area contributed by atoms with Gasteiger partial charge in [0.05, 0.1) is 4.90 Å². The summed E-state index contributed by atoms with van der Waals surface area (Å²) in [6.07, 6.45) is 0. The highest BCUT2D eigenvalue weighted by Gasteiger charge is 2.34. The highest BCUT2D eigenvalue weighted by atomic mass is 32.2.